The molecule has 15 heavy (non-hydrogen) atoms. The summed E-state index contributed by atoms with van der Waals surface area (Å²) in [6, 6.07) is 0. The van der Waals surface area contributed by atoms with Crippen molar-refractivity contribution < 1.29 is 14.3 Å². The Morgan fingerprint density at radius 1 is 1.60 bits per heavy atom. The molecule has 2 heterocycles. The van der Waals surface area contributed by atoms with Gasteiger partial charge in [-0.2, -0.15) is 11.8 Å². The Morgan fingerprint density at radius 3 is 3.13 bits per heavy atom. The van der Waals surface area contributed by atoms with Crippen LogP contribution < -0.4 is 0 Å². The molecule has 0 aromatic carbocycles. The molecule has 1 atom stereocenters. The predicted octanol–water partition coefficient (Wildman–Crippen LogP) is 1.39. The maximum atomic E-state index is 10.3. The van der Waals surface area contributed by atoms with E-state index in [2.05, 4.69) is 10.2 Å². The van der Waals surface area contributed by atoms with E-state index in [1.54, 1.807) is 0 Å². The molecule has 6 heteroatoms. The van der Waals surface area contributed by atoms with Crippen molar-refractivity contribution in [3.05, 3.63) is 17.9 Å². The summed E-state index contributed by atoms with van der Waals surface area (Å²) in [5.41, 5.74) is 0. The molecule has 1 aromatic rings. The van der Waals surface area contributed by atoms with E-state index < -0.39 is 5.97 Å². The van der Waals surface area contributed by atoms with E-state index in [1.165, 1.54) is 6.08 Å². The summed E-state index contributed by atoms with van der Waals surface area (Å²) in [6.07, 6.45) is 3.34. The van der Waals surface area contributed by atoms with E-state index in [0.717, 1.165) is 24.0 Å². The Hall–Kier alpha value is -1.30. The Morgan fingerprint density at radius 2 is 2.47 bits per heavy atom. The number of carboxylic acids is 1. The summed E-state index contributed by atoms with van der Waals surface area (Å²) in [7, 11) is 0. The molecular weight excluding hydrogens is 216 g/mol. The van der Waals surface area contributed by atoms with Crippen molar-refractivity contribution in [2.45, 2.75) is 12.3 Å². The SMILES string of the molecule is O=C(O)/C=C/c1nnc(C2CCSC2)o1. The topological polar surface area (TPSA) is 76.2 Å². The van der Waals surface area contributed by atoms with Gasteiger partial charge in [-0.3, -0.25) is 0 Å². The van der Waals surface area contributed by atoms with Crippen molar-refractivity contribution in [3.63, 3.8) is 0 Å². The summed E-state index contributed by atoms with van der Waals surface area (Å²) in [4.78, 5) is 10.3. The molecule has 0 aliphatic carbocycles. The van der Waals surface area contributed by atoms with Crippen LogP contribution in [0.3, 0.4) is 0 Å². The number of thioether (sulfide) groups is 1. The van der Waals surface area contributed by atoms with Gasteiger partial charge in [0.15, 0.2) is 0 Å². The minimum absolute atomic E-state index is 0.254. The second-order valence-corrected chi connectivity index (χ2v) is 4.36. The molecule has 1 N–H and O–H groups in total. The summed E-state index contributed by atoms with van der Waals surface area (Å²) in [5.74, 6) is 2.30. The predicted molar refractivity (Wildman–Crippen MR) is 55.7 cm³/mol. The quantitative estimate of drug-likeness (QED) is 0.785. The zero-order chi connectivity index (χ0) is 10.7. The van der Waals surface area contributed by atoms with Crippen molar-refractivity contribution in [2.75, 3.05) is 11.5 Å². The second kappa shape index (κ2) is 4.48. The number of carboxylic acid groups (broad SMARTS) is 1. The average molecular weight is 226 g/mol. The van der Waals surface area contributed by atoms with E-state index in [1.807, 2.05) is 11.8 Å². The smallest absolute Gasteiger partial charge is 0.328 e. The summed E-state index contributed by atoms with van der Waals surface area (Å²) in [6.45, 7) is 0. The van der Waals surface area contributed by atoms with Gasteiger partial charge in [0, 0.05) is 23.8 Å². The highest BCUT2D eigenvalue weighted by molar-refractivity contribution is 7.99. The molecule has 5 nitrogen and oxygen atoms in total. The van der Waals surface area contributed by atoms with Crippen molar-refractivity contribution in [3.8, 4) is 0 Å². The Bertz CT molecular complexity index is 382. The van der Waals surface area contributed by atoms with Gasteiger partial charge in [-0.15, -0.1) is 10.2 Å². The summed E-state index contributed by atoms with van der Waals surface area (Å²) in [5, 5.41) is 16.1. The highest BCUT2D eigenvalue weighted by Gasteiger charge is 2.22. The van der Waals surface area contributed by atoms with Gasteiger partial charge < -0.3 is 9.52 Å². The van der Waals surface area contributed by atoms with Crippen LogP contribution in [0.25, 0.3) is 6.08 Å². The van der Waals surface area contributed by atoms with E-state index in [4.69, 9.17) is 9.52 Å². The van der Waals surface area contributed by atoms with Gasteiger partial charge in [-0.05, 0) is 12.2 Å². The first-order chi connectivity index (χ1) is 7.25. The van der Waals surface area contributed by atoms with Crippen LogP contribution in [0.1, 0.15) is 24.1 Å². The Balaban J connectivity index is 2.06. The number of carbonyl (C=O) groups is 1. The van der Waals surface area contributed by atoms with Crippen LogP contribution in [0.2, 0.25) is 0 Å². The molecule has 0 bridgehead atoms. The monoisotopic (exact) mass is 226 g/mol. The molecule has 1 aliphatic heterocycles. The van der Waals surface area contributed by atoms with Crippen LogP contribution in [0.15, 0.2) is 10.5 Å². The molecule has 0 amide bonds. The van der Waals surface area contributed by atoms with Crippen LogP contribution in [-0.4, -0.2) is 32.8 Å². The molecule has 1 aliphatic rings. The van der Waals surface area contributed by atoms with Gasteiger partial charge in [0.25, 0.3) is 0 Å². The molecular formula is C9H10N2O3S. The van der Waals surface area contributed by atoms with Crippen LogP contribution >= 0.6 is 11.8 Å². The van der Waals surface area contributed by atoms with Gasteiger partial charge in [0.2, 0.25) is 11.8 Å². The number of rotatable bonds is 3. The van der Waals surface area contributed by atoms with Crippen molar-refractivity contribution in [1.82, 2.24) is 10.2 Å². The number of aliphatic carboxylic acids is 1. The van der Waals surface area contributed by atoms with E-state index in [0.29, 0.717) is 11.8 Å². The van der Waals surface area contributed by atoms with Crippen LogP contribution in [0.5, 0.6) is 0 Å². The largest absolute Gasteiger partial charge is 0.478 e. The molecule has 1 fully saturated rings. The summed E-state index contributed by atoms with van der Waals surface area (Å²) >= 11 is 1.86. The number of hydrogen-bond donors (Lipinski definition) is 1. The van der Waals surface area contributed by atoms with Crippen LogP contribution in [0, 0.1) is 0 Å². The van der Waals surface area contributed by atoms with Crippen molar-refractivity contribution in [1.29, 1.82) is 0 Å². The number of aromatic nitrogens is 2. The maximum Gasteiger partial charge on any atom is 0.328 e. The lowest BCUT2D eigenvalue weighted by Crippen LogP contribution is -1.95. The lowest BCUT2D eigenvalue weighted by molar-refractivity contribution is -0.131. The van der Waals surface area contributed by atoms with Gasteiger partial charge >= 0.3 is 5.97 Å². The third kappa shape index (κ3) is 2.59. The zero-order valence-corrected chi connectivity index (χ0v) is 8.74. The molecule has 0 saturated carbocycles. The fourth-order valence-electron chi connectivity index (χ4n) is 1.35. The summed E-state index contributed by atoms with van der Waals surface area (Å²) < 4.78 is 5.33. The number of hydrogen-bond acceptors (Lipinski definition) is 5. The van der Waals surface area contributed by atoms with Crippen LogP contribution in [0.4, 0.5) is 0 Å². The first-order valence-corrected chi connectivity index (χ1v) is 5.73. The van der Waals surface area contributed by atoms with E-state index >= 15 is 0 Å². The van der Waals surface area contributed by atoms with Gasteiger partial charge in [-0.1, -0.05) is 0 Å². The third-order valence-electron chi connectivity index (χ3n) is 2.10. The molecule has 0 radical (unpaired) electrons. The van der Waals surface area contributed by atoms with Gasteiger partial charge in [0.1, 0.15) is 0 Å². The highest BCUT2D eigenvalue weighted by atomic mass is 32.2. The Labute approximate surface area is 90.6 Å². The maximum absolute atomic E-state index is 10.3. The van der Waals surface area contributed by atoms with Crippen LogP contribution in [-0.2, 0) is 4.79 Å². The molecule has 80 valence electrons. The normalized spacial score (nSPS) is 21.2. The van der Waals surface area contributed by atoms with E-state index in [9.17, 15) is 4.79 Å². The molecule has 0 spiro atoms. The fourth-order valence-corrected chi connectivity index (χ4v) is 2.56. The highest BCUT2D eigenvalue weighted by Crippen LogP contribution is 2.31. The van der Waals surface area contributed by atoms with Gasteiger partial charge in [0.05, 0.1) is 0 Å². The zero-order valence-electron chi connectivity index (χ0n) is 7.92. The Kier molecular flexibility index (Phi) is 3.05. The van der Waals surface area contributed by atoms with Crippen molar-refractivity contribution >= 4 is 23.8 Å². The van der Waals surface area contributed by atoms with E-state index in [-0.39, 0.29) is 5.89 Å². The molecule has 2 rings (SSSR count). The first-order valence-electron chi connectivity index (χ1n) is 4.58. The minimum Gasteiger partial charge on any atom is -0.478 e. The third-order valence-corrected chi connectivity index (χ3v) is 3.27. The molecule has 1 saturated heterocycles. The molecule has 1 aromatic heterocycles. The van der Waals surface area contributed by atoms with Gasteiger partial charge in [-0.25, -0.2) is 4.79 Å². The average Bonchev–Trinajstić information content (AvgIpc) is 2.85. The lowest BCUT2D eigenvalue weighted by Gasteiger charge is -1.98. The van der Waals surface area contributed by atoms with Crippen molar-refractivity contribution in [2.24, 2.45) is 0 Å². The minimum atomic E-state index is -1.02. The fraction of sp³-hybridized carbons (Fsp3) is 0.444. The lowest BCUT2D eigenvalue weighted by atomic mass is 10.1. The first kappa shape index (κ1) is 10.2. The molecule has 1 unspecified atom stereocenters. The second-order valence-electron chi connectivity index (χ2n) is 3.21. The standard InChI is InChI=1S/C9H10N2O3S/c12-8(13)2-1-7-10-11-9(14-7)6-3-4-15-5-6/h1-2,6H,3-5H2,(H,12,13)/b2-1+. The number of nitrogens with zero attached hydrogens (tertiary/aromatic N) is 2.